The number of hydrogen-bond donors (Lipinski definition) is 1. The molecule has 104 valence electrons. The second-order valence-electron chi connectivity index (χ2n) is 4.50. The highest BCUT2D eigenvalue weighted by atomic mass is 32.2. The molecule has 0 unspecified atom stereocenters. The molecule has 4 rings (SSSR count). The summed E-state index contributed by atoms with van der Waals surface area (Å²) in [5, 5.41) is 18.8. The van der Waals surface area contributed by atoms with Crippen molar-refractivity contribution in [1.29, 1.82) is 0 Å². The summed E-state index contributed by atoms with van der Waals surface area (Å²) in [5.41, 5.74) is 2.51. The first-order valence-electron chi connectivity index (χ1n) is 5.88. The minimum absolute atomic E-state index is 0.327. The van der Waals surface area contributed by atoms with E-state index in [9.17, 15) is 10.0 Å². The van der Waals surface area contributed by atoms with Crippen LogP contribution in [0.4, 0.5) is 4.79 Å². The Morgan fingerprint density at radius 3 is 3.20 bits per heavy atom. The summed E-state index contributed by atoms with van der Waals surface area (Å²) in [6.07, 6.45) is 3.51. The lowest BCUT2D eigenvalue weighted by atomic mass is 10.0. The van der Waals surface area contributed by atoms with E-state index in [4.69, 9.17) is 0 Å². The molecule has 2 aromatic heterocycles. The molecule has 20 heavy (non-hydrogen) atoms. The standard InChI is InChI=1S/C10H10N6O2S2/c1-19-15-3-12-13-9(15)7-6-8(20-4-11-6)5-2-14(7)10(17)16(5)18/h3-5,7,18H,2H2,1H3/t5-,7-/m0/s1. The Bertz CT molecular complexity index is 685. The first-order chi connectivity index (χ1) is 9.72. The number of rotatable bonds is 2. The van der Waals surface area contributed by atoms with Crippen molar-refractivity contribution in [2.75, 3.05) is 12.8 Å². The molecular weight excluding hydrogens is 300 g/mol. The summed E-state index contributed by atoms with van der Waals surface area (Å²) in [6, 6.07) is -1.14. The summed E-state index contributed by atoms with van der Waals surface area (Å²) in [5.74, 6) is 0.645. The van der Waals surface area contributed by atoms with E-state index in [-0.39, 0.29) is 6.04 Å². The van der Waals surface area contributed by atoms with Crippen molar-refractivity contribution < 1.29 is 10.0 Å². The molecule has 2 aliphatic rings. The minimum Gasteiger partial charge on any atom is -0.304 e. The Balaban J connectivity index is 1.90. The quantitative estimate of drug-likeness (QED) is 0.837. The lowest BCUT2D eigenvalue weighted by Gasteiger charge is -2.28. The summed E-state index contributed by atoms with van der Waals surface area (Å²) in [7, 11) is 0. The monoisotopic (exact) mass is 310 g/mol. The highest BCUT2D eigenvalue weighted by Crippen LogP contribution is 2.46. The predicted molar refractivity (Wildman–Crippen MR) is 71.4 cm³/mol. The lowest BCUT2D eigenvalue weighted by molar-refractivity contribution is -0.0578. The Morgan fingerprint density at radius 2 is 2.40 bits per heavy atom. The van der Waals surface area contributed by atoms with Crippen LogP contribution >= 0.6 is 23.3 Å². The van der Waals surface area contributed by atoms with E-state index in [1.807, 2.05) is 6.26 Å². The van der Waals surface area contributed by atoms with Crippen LogP contribution in [0.15, 0.2) is 11.8 Å². The van der Waals surface area contributed by atoms with Gasteiger partial charge < -0.3 is 4.90 Å². The van der Waals surface area contributed by atoms with Gasteiger partial charge in [-0.2, -0.15) is 5.06 Å². The highest BCUT2D eigenvalue weighted by Gasteiger charge is 2.51. The van der Waals surface area contributed by atoms with Gasteiger partial charge in [0, 0.05) is 6.26 Å². The fourth-order valence-electron chi connectivity index (χ4n) is 2.70. The van der Waals surface area contributed by atoms with Crippen molar-refractivity contribution >= 4 is 29.3 Å². The molecule has 1 saturated heterocycles. The van der Waals surface area contributed by atoms with Gasteiger partial charge in [0.05, 0.1) is 22.6 Å². The van der Waals surface area contributed by atoms with Gasteiger partial charge in [-0.1, -0.05) is 0 Å². The maximum Gasteiger partial charge on any atom is 0.345 e. The van der Waals surface area contributed by atoms with Crippen molar-refractivity contribution in [3.8, 4) is 0 Å². The van der Waals surface area contributed by atoms with Crippen LogP contribution in [-0.4, -0.2) is 53.2 Å². The van der Waals surface area contributed by atoms with Crippen LogP contribution in [0.2, 0.25) is 0 Å². The van der Waals surface area contributed by atoms with E-state index in [1.54, 1.807) is 20.7 Å². The van der Waals surface area contributed by atoms with Crippen LogP contribution in [0.5, 0.6) is 0 Å². The third-order valence-electron chi connectivity index (χ3n) is 3.59. The van der Waals surface area contributed by atoms with Gasteiger partial charge in [0.25, 0.3) is 0 Å². The topological polar surface area (TPSA) is 87.4 Å². The zero-order chi connectivity index (χ0) is 13.9. The number of hydroxylamine groups is 2. The van der Waals surface area contributed by atoms with E-state index in [1.165, 1.54) is 23.3 Å². The summed E-state index contributed by atoms with van der Waals surface area (Å²) >= 11 is 2.90. The number of urea groups is 1. The molecule has 0 saturated carbocycles. The SMILES string of the molecule is CSn1cnnc1[C@@H]1c2ncsc2[C@@H]2CN1C(=O)N2O. The van der Waals surface area contributed by atoms with Crippen LogP contribution < -0.4 is 0 Å². The second kappa shape index (κ2) is 4.17. The lowest BCUT2D eigenvalue weighted by Crippen LogP contribution is -2.35. The van der Waals surface area contributed by atoms with Gasteiger partial charge >= 0.3 is 6.03 Å². The van der Waals surface area contributed by atoms with Gasteiger partial charge in [0.2, 0.25) is 0 Å². The first kappa shape index (κ1) is 12.1. The molecule has 1 N–H and O–H groups in total. The molecule has 2 bridgehead atoms. The molecule has 1 fully saturated rings. The van der Waals surface area contributed by atoms with E-state index < -0.39 is 12.1 Å². The second-order valence-corrected chi connectivity index (χ2v) is 6.14. The number of nitrogens with zero attached hydrogens (tertiary/aromatic N) is 6. The molecule has 2 atom stereocenters. The molecule has 2 aromatic rings. The first-order valence-corrected chi connectivity index (χ1v) is 7.95. The average molecular weight is 310 g/mol. The van der Waals surface area contributed by atoms with Gasteiger partial charge in [-0.3, -0.25) is 9.18 Å². The van der Waals surface area contributed by atoms with Crippen LogP contribution in [0.25, 0.3) is 0 Å². The Labute approximate surface area is 122 Å². The fourth-order valence-corrected chi connectivity index (χ4v) is 4.05. The molecule has 2 aliphatic heterocycles. The Morgan fingerprint density at radius 1 is 1.55 bits per heavy atom. The third kappa shape index (κ3) is 1.41. The van der Waals surface area contributed by atoms with Crippen molar-refractivity contribution in [3.63, 3.8) is 0 Å². The molecule has 0 spiro atoms. The van der Waals surface area contributed by atoms with Crippen LogP contribution in [0.3, 0.4) is 0 Å². The number of carbonyl (C=O) groups is 1. The molecule has 0 radical (unpaired) electrons. The molecule has 10 heteroatoms. The van der Waals surface area contributed by atoms with Crippen LogP contribution in [0.1, 0.15) is 28.5 Å². The molecule has 2 amide bonds. The van der Waals surface area contributed by atoms with Crippen molar-refractivity contribution in [1.82, 2.24) is 29.1 Å². The summed E-state index contributed by atoms with van der Waals surface area (Å²) in [6.45, 7) is 0.441. The molecule has 0 aromatic carbocycles. The zero-order valence-electron chi connectivity index (χ0n) is 10.4. The van der Waals surface area contributed by atoms with E-state index in [2.05, 4.69) is 15.2 Å². The summed E-state index contributed by atoms with van der Waals surface area (Å²) in [4.78, 5) is 19.0. The number of hydrogen-bond acceptors (Lipinski definition) is 7. The van der Waals surface area contributed by atoms with E-state index >= 15 is 0 Å². The van der Waals surface area contributed by atoms with Crippen LogP contribution in [0, 0.1) is 0 Å². The highest BCUT2D eigenvalue weighted by molar-refractivity contribution is 7.97. The Kier molecular flexibility index (Phi) is 2.53. The number of carbonyl (C=O) groups excluding carboxylic acids is 1. The van der Waals surface area contributed by atoms with Crippen LogP contribution in [-0.2, 0) is 0 Å². The molecule has 4 heterocycles. The van der Waals surface area contributed by atoms with Gasteiger partial charge in [0.1, 0.15) is 18.4 Å². The number of amides is 2. The van der Waals surface area contributed by atoms with E-state index in [0.717, 1.165) is 15.6 Å². The number of thiazole rings is 1. The normalized spacial score (nSPS) is 24.4. The molecule has 8 nitrogen and oxygen atoms in total. The minimum atomic E-state index is -0.416. The summed E-state index contributed by atoms with van der Waals surface area (Å²) < 4.78 is 1.81. The molecule has 0 aliphatic carbocycles. The van der Waals surface area contributed by atoms with Gasteiger partial charge in [-0.25, -0.2) is 9.78 Å². The predicted octanol–water partition coefficient (Wildman–Crippen LogP) is 1.13. The van der Waals surface area contributed by atoms with Crippen molar-refractivity contribution in [3.05, 3.63) is 28.2 Å². The maximum atomic E-state index is 12.2. The zero-order valence-corrected chi connectivity index (χ0v) is 12.0. The van der Waals surface area contributed by atoms with Crippen molar-refractivity contribution in [2.24, 2.45) is 0 Å². The van der Waals surface area contributed by atoms with Gasteiger partial charge in [0.15, 0.2) is 5.82 Å². The Hall–Kier alpha value is -1.65. The fraction of sp³-hybridized carbons (Fsp3) is 0.400. The van der Waals surface area contributed by atoms with Crippen molar-refractivity contribution in [2.45, 2.75) is 12.1 Å². The third-order valence-corrected chi connectivity index (χ3v) is 5.21. The maximum absolute atomic E-state index is 12.2. The number of aromatic nitrogens is 4. The largest absolute Gasteiger partial charge is 0.345 e. The van der Waals surface area contributed by atoms with E-state index in [0.29, 0.717) is 12.4 Å². The van der Waals surface area contributed by atoms with Gasteiger partial charge in [-0.15, -0.1) is 21.5 Å². The van der Waals surface area contributed by atoms with Gasteiger partial charge in [-0.05, 0) is 11.9 Å². The number of fused-ring (bicyclic) bond motifs is 4. The molecular formula is C10H10N6O2S2. The smallest absolute Gasteiger partial charge is 0.304 e. The average Bonchev–Trinajstić information content (AvgIpc) is 3.16.